The number of carbonyl (C=O) groups is 2. The molecule has 2 aromatic carbocycles. The van der Waals surface area contributed by atoms with E-state index in [0.29, 0.717) is 24.2 Å². The molecule has 1 aromatic heterocycles. The Morgan fingerprint density at radius 1 is 0.931 bits per heavy atom. The van der Waals surface area contributed by atoms with Gasteiger partial charge in [-0.1, -0.05) is 60.7 Å². The summed E-state index contributed by atoms with van der Waals surface area (Å²) in [5.41, 5.74) is 2.46. The Balaban J connectivity index is 1.61. The van der Waals surface area contributed by atoms with E-state index in [-0.39, 0.29) is 17.7 Å². The molecule has 0 aliphatic carbocycles. The molecule has 4 heteroatoms. The number of hydrogen-bond acceptors (Lipinski definition) is 4. The molecule has 2 atom stereocenters. The SMILES string of the molecule is O=C(CC[C@@H]1C(=O)OC(c2cccnc2)=C[C@@H]1c1ccccc1)c1ccccc1. The van der Waals surface area contributed by atoms with Gasteiger partial charge in [0.1, 0.15) is 5.76 Å². The maximum Gasteiger partial charge on any atom is 0.315 e. The van der Waals surface area contributed by atoms with Crippen molar-refractivity contribution in [3.05, 3.63) is 108 Å². The lowest BCUT2D eigenvalue weighted by Crippen LogP contribution is -2.28. The summed E-state index contributed by atoms with van der Waals surface area (Å²) in [5.74, 6) is -0.322. The van der Waals surface area contributed by atoms with Gasteiger partial charge in [0.05, 0.1) is 5.92 Å². The minimum Gasteiger partial charge on any atom is -0.426 e. The van der Waals surface area contributed by atoms with E-state index in [1.54, 1.807) is 24.5 Å². The number of carbonyl (C=O) groups excluding carboxylic acids is 2. The predicted octanol–water partition coefficient (Wildman–Crippen LogP) is 5.04. The van der Waals surface area contributed by atoms with Gasteiger partial charge in [-0.2, -0.15) is 0 Å². The Kier molecular flexibility index (Phi) is 5.61. The van der Waals surface area contributed by atoms with Crippen molar-refractivity contribution in [2.24, 2.45) is 5.92 Å². The number of benzene rings is 2. The van der Waals surface area contributed by atoms with Gasteiger partial charge in [0.25, 0.3) is 0 Å². The molecule has 1 aliphatic heterocycles. The van der Waals surface area contributed by atoms with Crippen molar-refractivity contribution in [3.8, 4) is 0 Å². The molecule has 144 valence electrons. The highest BCUT2D eigenvalue weighted by atomic mass is 16.5. The largest absolute Gasteiger partial charge is 0.426 e. The zero-order valence-electron chi connectivity index (χ0n) is 15.9. The molecule has 0 N–H and O–H groups in total. The number of ketones is 1. The van der Waals surface area contributed by atoms with Crippen LogP contribution in [0.1, 0.15) is 40.2 Å². The summed E-state index contributed by atoms with van der Waals surface area (Å²) in [4.78, 5) is 29.6. The Morgan fingerprint density at radius 2 is 1.66 bits per heavy atom. The van der Waals surface area contributed by atoms with E-state index >= 15 is 0 Å². The van der Waals surface area contributed by atoms with E-state index in [1.807, 2.05) is 66.7 Å². The highest BCUT2D eigenvalue weighted by Crippen LogP contribution is 2.38. The third-order valence-corrected chi connectivity index (χ3v) is 5.19. The monoisotopic (exact) mass is 383 g/mol. The Bertz CT molecular complexity index is 1010. The van der Waals surface area contributed by atoms with E-state index < -0.39 is 5.92 Å². The number of aromatic nitrogens is 1. The van der Waals surface area contributed by atoms with Crippen LogP contribution < -0.4 is 0 Å². The summed E-state index contributed by atoms with van der Waals surface area (Å²) in [5, 5.41) is 0. The number of rotatable bonds is 6. The highest BCUT2D eigenvalue weighted by molar-refractivity contribution is 5.96. The fraction of sp³-hybridized carbons (Fsp3) is 0.160. The molecule has 0 spiro atoms. The van der Waals surface area contributed by atoms with E-state index in [0.717, 1.165) is 11.1 Å². The molecule has 29 heavy (non-hydrogen) atoms. The van der Waals surface area contributed by atoms with Crippen molar-refractivity contribution in [1.82, 2.24) is 4.98 Å². The summed E-state index contributed by atoms with van der Waals surface area (Å²) in [6.45, 7) is 0. The topological polar surface area (TPSA) is 56.3 Å². The van der Waals surface area contributed by atoms with Crippen molar-refractivity contribution in [1.29, 1.82) is 0 Å². The lowest BCUT2D eigenvalue weighted by atomic mass is 9.80. The van der Waals surface area contributed by atoms with Gasteiger partial charge in [-0.05, 0) is 30.2 Å². The third-order valence-electron chi connectivity index (χ3n) is 5.19. The molecule has 0 amide bonds. The van der Waals surface area contributed by atoms with Gasteiger partial charge in [0.15, 0.2) is 5.78 Å². The Labute approximate surface area is 169 Å². The molecule has 0 bridgehead atoms. The zero-order valence-corrected chi connectivity index (χ0v) is 15.9. The molecule has 0 saturated carbocycles. The summed E-state index contributed by atoms with van der Waals surface area (Å²) < 4.78 is 5.65. The number of pyridine rings is 1. The van der Waals surface area contributed by atoms with Crippen molar-refractivity contribution in [2.45, 2.75) is 18.8 Å². The molecule has 0 unspecified atom stereocenters. The fourth-order valence-corrected chi connectivity index (χ4v) is 3.66. The fourth-order valence-electron chi connectivity index (χ4n) is 3.66. The summed E-state index contributed by atoms with van der Waals surface area (Å²) >= 11 is 0. The van der Waals surface area contributed by atoms with Gasteiger partial charge in [-0.3, -0.25) is 14.6 Å². The predicted molar refractivity (Wildman–Crippen MR) is 111 cm³/mol. The van der Waals surface area contributed by atoms with Gasteiger partial charge >= 0.3 is 5.97 Å². The number of allylic oxidation sites excluding steroid dienone is 1. The average Bonchev–Trinajstić information content (AvgIpc) is 2.79. The van der Waals surface area contributed by atoms with Gasteiger partial charge in [0.2, 0.25) is 0 Å². The van der Waals surface area contributed by atoms with Crippen molar-refractivity contribution >= 4 is 17.5 Å². The second-order valence-electron chi connectivity index (χ2n) is 7.06. The van der Waals surface area contributed by atoms with Gasteiger partial charge in [-0.25, -0.2) is 0 Å². The molecule has 3 aromatic rings. The molecule has 2 heterocycles. The lowest BCUT2D eigenvalue weighted by Gasteiger charge is -2.29. The van der Waals surface area contributed by atoms with Crippen molar-refractivity contribution in [3.63, 3.8) is 0 Å². The molecule has 4 rings (SSSR count). The van der Waals surface area contributed by atoms with Crippen LogP contribution in [-0.4, -0.2) is 16.7 Å². The lowest BCUT2D eigenvalue weighted by molar-refractivity contribution is -0.143. The highest BCUT2D eigenvalue weighted by Gasteiger charge is 2.35. The smallest absolute Gasteiger partial charge is 0.315 e. The van der Waals surface area contributed by atoms with Gasteiger partial charge in [0, 0.05) is 35.9 Å². The zero-order chi connectivity index (χ0) is 20.1. The van der Waals surface area contributed by atoms with Crippen LogP contribution in [0.3, 0.4) is 0 Å². The molecule has 1 aliphatic rings. The van der Waals surface area contributed by atoms with Crippen LogP contribution in [0.4, 0.5) is 0 Å². The summed E-state index contributed by atoms with van der Waals surface area (Å²) in [7, 11) is 0. The van der Waals surface area contributed by atoms with E-state index in [2.05, 4.69) is 4.98 Å². The van der Waals surface area contributed by atoms with E-state index in [9.17, 15) is 9.59 Å². The minimum absolute atomic E-state index is 0.0345. The maximum atomic E-state index is 12.9. The first kappa shape index (κ1) is 18.8. The van der Waals surface area contributed by atoms with Gasteiger partial charge in [-0.15, -0.1) is 0 Å². The van der Waals surface area contributed by atoms with Crippen LogP contribution in [0, 0.1) is 5.92 Å². The van der Waals surface area contributed by atoms with Crippen LogP contribution in [0.5, 0.6) is 0 Å². The van der Waals surface area contributed by atoms with Crippen molar-refractivity contribution in [2.75, 3.05) is 0 Å². The molecular formula is C25H21NO3. The average molecular weight is 383 g/mol. The van der Waals surface area contributed by atoms with Crippen LogP contribution in [0.2, 0.25) is 0 Å². The maximum absolute atomic E-state index is 12.9. The minimum atomic E-state index is -0.412. The van der Waals surface area contributed by atoms with Crippen molar-refractivity contribution < 1.29 is 14.3 Å². The number of cyclic esters (lactones) is 1. The first-order valence-electron chi connectivity index (χ1n) is 9.69. The molecular weight excluding hydrogens is 362 g/mol. The quantitative estimate of drug-likeness (QED) is 0.442. The number of hydrogen-bond donors (Lipinski definition) is 0. The normalized spacial score (nSPS) is 18.6. The number of Topliss-reactive ketones (excluding diaryl/α,β-unsaturated/α-hetero) is 1. The van der Waals surface area contributed by atoms with Crippen LogP contribution in [0.15, 0.2) is 91.3 Å². The number of esters is 1. The second-order valence-corrected chi connectivity index (χ2v) is 7.06. The standard InChI is InChI=1S/C25H21NO3/c27-23(19-10-5-2-6-11-19)14-13-21-22(18-8-3-1-4-9-18)16-24(29-25(21)28)20-12-7-15-26-17-20/h1-12,15-17,21-22H,13-14H2/t21-,22+/m0/s1. The number of ether oxygens (including phenoxy) is 1. The van der Waals surface area contributed by atoms with Crippen LogP contribution in [-0.2, 0) is 9.53 Å². The van der Waals surface area contributed by atoms with Crippen LogP contribution in [0.25, 0.3) is 5.76 Å². The molecule has 0 saturated heterocycles. The Hall–Kier alpha value is -3.53. The van der Waals surface area contributed by atoms with E-state index in [4.69, 9.17) is 4.74 Å². The van der Waals surface area contributed by atoms with Gasteiger partial charge < -0.3 is 4.74 Å². The molecule has 0 fully saturated rings. The second kappa shape index (κ2) is 8.65. The molecule has 4 nitrogen and oxygen atoms in total. The third kappa shape index (κ3) is 4.32. The number of nitrogens with zero attached hydrogens (tertiary/aromatic N) is 1. The molecule has 0 radical (unpaired) electrons. The first-order chi connectivity index (χ1) is 14.2. The Morgan fingerprint density at radius 3 is 2.34 bits per heavy atom. The summed E-state index contributed by atoms with van der Waals surface area (Å²) in [6, 6.07) is 22.7. The first-order valence-corrected chi connectivity index (χ1v) is 9.69. The van der Waals surface area contributed by atoms with E-state index in [1.165, 1.54) is 0 Å². The summed E-state index contributed by atoms with van der Waals surface area (Å²) in [6.07, 6.45) is 6.07. The van der Waals surface area contributed by atoms with Crippen LogP contribution >= 0.6 is 0 Å².